The SMILES string of the molecule is COc1cc(/C=c2/c(=O)[nH]/c(=C\C(C)C)c(=O)n2C)cc(OC)c1OC. The highest BCUT2D eigenvalue weighted by Gasteiger charge is 2.12. The molecule has 0 unspecified atom stereocenters. The molecule has 0 saturated carbocycles. The van der Waals surface area contributed by atoms with Gasteiger partial charge in [-0.25, -0.2) is 0 Å². The molecule has 140 valence electrons. The van der Waals surface area contributed by atoms with Gasteiger partial charge in [0.1, 0.15) is 10.7 Å². The molecule has 7 nitrogen and oxygen atoms in total. The molecule has 0 radical (unpaired) electrons. The Morgan fingerprint density at radius 3 is 2.08 bits per heavy atom. The topological polar surface area (TPSA) is 82.6 Å². The Morgan fingerprint density at radius 2 is 1.62 bits per heavy atom. The fraction of sp³-hybridized carbons (Fsp3) is 0.368. The van der Waals surface area contributed by atoms with Gasteiger partial charge >= 0.3 is 0 Å². The lowest BCUT2D eigenvalue weighted by Gasteiger charge is -2.12. The van der Waals surface area contributed by atoms with Crippen LogP contribution < -0.4 is 36.0 Å². The van der Waals surface area contributed by atoms with Crippen molar-refractivity contribution in [2.45, 2.75) is 13.8 Å². The second kappa shape index (κ2) is 7.95. The summed E-state index contributed by atoms with van der Waals surface area (Å²) in [6, 6.07) is 3.42. The molecule has 0 aliphatic rings. The number of benzene rings is 1. The smallest absolute Gasteiger partial charge is 0.274 e. The quantitative estimate of drug-likeness (QED) is 0.833. The number of hydrogen-bond donors (Lipinski definition) is 1. The molecule has 2 aromatic rings. The van der Waals surface area contributed by atoms with Crippen molar-refractivity contribution in [1.82, 2.24) is 9.55 Å². The van der Waals surface area contributed by atoms with E-state index in [1.54, 1.807) is 31.3 Å². The fourth-order valence-electron chi connectivity index (χ4n) is 2.63. The van der Waals surface area contributed by atoms with Crippen molar-refractivity contribution < 1.29 is 14.2 Å². The van der Waals surface area contributed by atoms with Crippen LogP contribution in [0, 0.1) is 5.92 Å². The van der Waals surface area contributed by atoms with E-state index in [-0.39, 0.29) is 27.7 Å². The van der Waals surface area contributed by atoms with E-state index in [1.165, 1.54) is 25.9 Å². The number of hydrogen-bond acceptors (Lipinski definition) is 5. The number of nitrogens with zero attached hydrogens (tertiary/aromatic N) is 1. The fourth-order valence-corrected chi connectivity index (χ4v) is 2.63. The summed E-state index contributed by atoms with van der Waals surface area (Å²) >= 11 is 0. The molecule has 0 aliphatic carbocycles. The Labute approximate surface area is 151 Å². The first-order valence-electron chi connectivity index (χ1n) is 8.15. The highest BCUT2D eigenvalue weighted by Crippen LogP contribution is 2.38. The lowest BCUT2D eigenvalue weighted by atomic mass is 10.1. The Hall–Kier alpha value is -2.96. The second-order valence-electron chi connectivity index (χ2n) is 6.13. The zero-order valence-electron chi connectivity index (χ0n) is 15.9. The van der Waals surface area contributed by atoms with Crippen molar-refractivity contribution in [1.29, 1.82) is 0 Å². The molecule has 0 spiro atoms. The number of ether oxygens (including phenoxy) is 3. The van der Waals surface area contributed by atoms with Gasteiger partial charge < -0.3 is 23.8 Å². The third kappa shape index (κ3) is 3.82. The summed E-state index contributed by atoms with van der Waals surface area (Å²) in [7, 11) is 6.11. The second-order valence-corrected chi connectivity index (χ2v) is 6.13. The predicted octanol–water partition coefficient (Wildman–Crippen LogP) is 0.365. The van der Waals surface area contributed by atoms with Crippen LogP contribution in [0.2, 0.25) is 0 Å². The maximum atomic E-state index is 12.5. The highest BCUT2D eigenvalue weighted by molar-refractivity contribution is 5.61. The molecule has 1 aromatic heterocycles. The molecule has 0 atom stereocenters. The summed E-state index contributed by atoms with van der Waals surface area (Å²) in [5.74, 6) is 1.52. The van der Waals surface area contributed by atoms with Crippen LogP contribution >= 0.6 is 0 Å². The van der Waals surface area contributed by atoms with Crippen LogP contribution in [0.4, 0.5) is 0 Å². The van der Waals surface area contributed by atoms with Crippen molar-refractivity contribution >= 4 is 12.2 Å². The average Bonchev–Trinajstić information content (AvgIpc) is 2.61. The first-order chi connectivity index (χ1) is 12.3. The van der Waals surface area contributed by atoms with Gasteiger partial charge in [0.25, 0.3) is 11.1 Å². The minimum atomic E-state index is -0.354. The molecule has 7 heteroatoms. The summed E-state index contributed by atoms with van der Waals surface area (Å²) in [5, 5.41) is 0.514. The van der Waals surface area contributed by atoms with E-state index < -0.39 is 0 Å². The molecule has 0 saturated heterocycles. The summed E-state index contributed by atoms with van der Waals surface area (Å²) in [4.78, 5) is 27.6. The molecule has 2 rings (SSSR count). The third-order valence-electron chi connectivity index (χ3n) is 3.87. The van der Waals surface area contributed by atoms with Crippen molar-refractivity contribution in [3.8, 4) is 17.2 Å². The lowest BCUT2D eigenvalue weighted by molar-refractivity contribution is 0.324. The summed E-state index contributed by atoms with van der Waals surface area (Å²) in [5.41, 5.74) is 0.0188. The van der Waals surface area contributed by atoms with Gasteiger partial charge in [0.05, 0.1) is 21.3 Å². The van der Waals surface area contributed by atoms with E-state index in [2.05, 4.69) is 4.98 Å². The van der Waals surface area contributed by atoms with Gasteiger partial charge in [-0.15, -0.1) is 0 Å². The Kier molecular flexibility index (Phi) is 5.92. The molecule has 0 aliphatic heterocycles. The Morgan fingerprint density at radius 1 is 1.04 bits per heavy atom. The molecule has 26 heavy (non-hydrogen) atoms. The van der Waals surface area contributed by atoms with Gasteiger partial charge in [0.15, 0.2) is 11.5 Å². The van der Waals surface area contributed by atoms with Crippen LogP contribution in [0.1, 0.15) is 19.4 Å². The molecule has 0 bridgehead atoms. The molecule has 0 amide bonds. The van der Waals surface area contributed by atoms with Crippen LogP contribution in [0.5, 0.6) is 17.2 Å². The molecule has 1 N–H and O–H groups in total. The van der Waals surface area contributed by atoms with Crippen LogP contribution in [-0.4, -0.2) is 30.9 Å². The van der Waals surface area contributed by atoms with Crippen molar-refractivity contribution in [2.24, 2.45) is 13.0 Å². The summed E-state index contributed by atoms with van der Waals surface area (Å²) < 4.78 is 17.3. The van der Waals surface area contributed by atoms with E-state index in [4.69, 9.17) is 14.2 Å². The van der Waals surface area contributed by atoms with Gasteiger partial charge in [-0.2, -0.15) is 0 Å². The van der Waals surface area contributed by atoms with Crippen molar-refractivity contribution in [2.75, 3.05) is 21.3 Å². The van der Waals surface area contributed by atoms with Crippen LogP contribution in [0.25, 0.3) is 12.2 Å². The Balaban J connectivity index is 2.78. The maximum absolute atomic E-state index is 12.5. The van der Waals surface area contributed by atoms with Gasteiger partial charge in [0, 0.05) is 7.05 Å². The zero-order valence-corrected chi connectivity index (χ0v) is 15.9. The van der Waals surface area contributed by atoms with Crippen LogP contribution in [0.15, 0.2) is 21.7 Å². The monoisotopic (exact) mass is 360 g/mol. The van der Waals surface area contributed by atoms with E-state index in [0.29, 0.717) is 22.8 Å². The van der Waals surface area contributed by atoms with Crippen LogP contribution in [-0.2, 0) is 7.05 Å². The number of nitrogens with one attached hydrogen (secondary N) is 1. The molecular weight excluding hydrogens is 336 g/mol. The minimum Gasteiger partial charge on any atom is -0.493 e. The third-order valence-corrected chi connectivity index (χ3v) is 3.87. The van der Waals surface area contributed by atoms with Gasteiger partial charge in [-0.1, -0.05) is 19.9 Å². The molecular formula is C19H24N2O5. The Bertz CT molecular complexity index is 1010. The molecule has 0 fully saturated rings. The molecule has 1 aromatic carbocycles. The van der Waals surface area contributed by atoms with E-state index in [9.17, 15) is 9.59 Å². The van der Waals surface area contributed by atoms with E-state index in [0.717, 1.165) is 0 Å². The predicted molar refractivity (Wildman–Crippen MR) is 101 cm³/mol. The van der Waals surface area contributed by atoms with Gasteiger partial charge in [0.2, 0.25) is 5.75 Å². The number of aromatic amines is 1. The van der Waals surface area contributed by atoms with Gasteiger partial charge in [-0.3, -0.25) is 9.59 Å². The largest absolute Gasteiger partial charge is 0.493 e. The van der Waals surface area contributed by atoms with E-state index in [1.807, 2.05) is 13.8 Å². The van der Waals surface area contributed by atoms with Gasteiger partial charge in [-0.05, 0) is 29.7 Å². The van der Waals surface area contributed by atoms with Crippen molar-refractivity contribution in [3.63, 3.8) is 0 Å². The van der Waals surface area contributed by atoms with E-state index >= 15 is 0 Å². The normalized spacial score (nSPS) is 12.6. The number of rotatable bonds is 5. The number of H-pyrrole nitrogens is 1. The van der Waals surface area contributed by atoms with Crippen LogP contribution in [0.3, 0.4) is 0 Å². The number of aromatic nitrogens is 2. The zero-order chi connectivity index (χ0) is 19.4. The standard InChI is InChI=1S/C19H24N2O5/c1-11(2)7-13-19(23)21(3)14(18(22)20-13)8-12-9-15(24-4)17(26-6)16(10-12)25-5/h7-11H,1-6H3,(H,20,22)/b13-7-,14-8-. The first-order valence-corrected chi connectivity index (χ1v) is 8.15. The average molecular weight is 360 g/mol. The highest BCUT2D eigenvalue weighted by atomic mass is 16.5. The summed E-state index contributed by atoms with van der Waals surface area (Å²) in [6.45, 7) is 3.88. The number of methoxy groups -OCH3 is 3. The summed E-state index contributed by atoms with van der Waals surface area (Å²) in [6.07, 6.45) is 3.33. The molecule has 1 heterocycles. The van der Waals surface area contributed by atoms with Crippen molar-refractivity contribution in [3.05, 3.63) is 49.1 Å². The minimum absolute atomic E-state index is 0.142. The first kappa shape index (κ1) is 19.4. The lowest BCUT2D eigenvalue weighted by Crippen LogP contribution is -2.52. The maximum Gasteiger partial charge on any atom is 0.274 e.